The maximum atomic E-state index is 10.4. The summed E-state index contributed by atoms with van der Waals surface area (Å²) in [6, 6.07) is 15.1. The first-order valence-corrected chi connectivity index (χ1v) is 7.72. The lowest BCUT2D eigenvalue weighted by molar-refractivity contribution is -0.104. The van der Waals surface area contributed by atoms with Crippen molar-refractivity contribution in [3.05, 3.63) is 72.1 Å². The minimum atomic E-state index is 0.260. The Kier molecular flexibility index (Phi) is 5.26. The molecular formula is C20H17NO4. The van der Waals surface area contributed by atoms with Crippen LogP contribution >= 0.6 is 0 Å². The van der Waals surface area contributed by atoms with Gasteiger partial charge in [-0.3, -0.25) is 4.79 Å². The van der Waals surface area contributed by atoms with E-state index in [2.05, 4.69) is 4.98 Å². The van der Waals surface area contributed by atoms with Gasteiger partial charge in [0.25, 0.3) is 0 Å². The average Bonchev–Trinajstić information content (AvgIpc) is 3.14. The van der Waals surface area contributed by atoms with Crippen LogP contribution in [0.5, 0.6) is 11.5 Å². The zero-order valence-corrected chi connectivity index (χ0v) is 13.7. The molecule has 0 spiro atoms. The summed E-state index contributed by atoms with van der Waals surface area (Å²) in [6.07, 6.45) is 5.43. The van der Waals surface area contributed by atoms with E-state index in [4.69, 9.17) is 13.9 Å². The maximum Gasteiger partial charge on any atom is 0.226 e. The number of hydrogen-bond acceptors (Lipinski definition) is 5. The number of hydrogen-bond donors (Lipinski definition) is 0. The smallest absolute Gasteiger partial charge is 0.226 e. The highest BCUT2D eigenvalue weighted by atomic mass is 16.5. The number of nitrogens with zero attached hydrogens (tertiary/aromatic N) is 1. The van der Waals surface area contributed by atoms with Crippen LogP contribution in [0.25, 0.3) is 17.5 Å². The Morgan fingerprint density at radius 2 is 1.96 bits per heavy atom. The van der Waals surface area contributed by atoms with Crippen molar-refractivity contribution >= 4 is 12.4 Å². The second kappa shape index (κ2) is 7.97. The molecule has 2 aromatic carbocycles. The average molecular weight is 335 g/mol. The Morgan fingerprint density at radius 1 is 1.12 bits per heavy atom. The molecule has 0 N–H and O–H groups in total. The summed E-state index contributed by atoms with van der Waals surface area (Å²) >= 11 is 0. The van der Waals surface area contributed by atoms with E-state index < -0.39 is 0 Å². The SMILES string of the molecule is COc1cc(C=CC=O)ccc1OCc1coc(-c2ccccc2)n1. The summed E-state index contributed by atoms with van der Waals surface area (Å²) in [7, 11) is 1.57. The van der Waals surface area contributed by atoms with E-state index >= 15 is 0 Å². The van der Waals surface area contributed by atoms with Crippen molar-refractivity contribution in [2.75, 3.05) is 7.11 Å². The van der Waals surface area contributed by atoms with Crippen LogP contribution in [0.3, 0.4) is 0 Å². The van der Waals surface area contributed by atoms with Crippen molar-refractivity contribution in [2.24, 2.45) is 0 Å². The number of aromatic nitrogens is 1. The largest absolute Gasteiger partial charge is 0.493 e. The zero-order chi connectivity index (χ0) is 17.5. The number of carbonyl (C=O) groups excluding carboxylic acids is 1. The Hall–Kier alpha value is -3.34. The number of allylic oxidation sites excluding steroid dienone is 1. The van der Waals surface area contributed by atoms with Crippen molar-refractivity contribution in [1.29, 1.82) is 0 Å². The summed E-state index contributed by atoms with van der Waals surface area (Å²) in [4.78, 5) is 14.8. The molecule has 0 aliphatic carbocycles. The molecule has 0 aliphatic rings. The van der Waals surface area contributed by atoms with Crippen LogP contribution in [0.4, 0.5) is 0 Å². The van der Waals surface area contributed by atoms with Crippen molar-refractivity contribution in [2.45, 2.75) is 6.61 Å². The Morgan fingerprint density at radius 3 is 2.72 bits per heavy atom. The number of benzene rings is 2. The molecule has 0 bridgehead atoms. The molecule has 0 atom stereocenters. The minimum Gasteiger partial charge on any atom is -0.493 e. The maximum absolute atomic E-state index is 10.4. The van der Waals surface area contributed by atoms with Gasteiger partial charge in [0.1, 0.15) is 24.9 Å². The minimum absolute atomic E-state index is 0.260. The van der Waals surface area contributed by atoms with Crippen molar-refractivity contribution in [1.82, 2.24) is 4.98 Å². The number of methoxy groups -OCH3 is 1. The fraction of sp³-hybridized carbons (Fsp3) is 0.100. The van der Waals surface area contributed by atoms with Crippen LogP contribution in [0.2, 0.25) is 0 Å². The molecule has 25 heavy (non-hydrogen) atoms. The predicted octanol–water partition coefficient (Wildman–Crippen LogP) is 4.14. The monoisotopic (exact) mass is 335 g/mol. The van der Waals surface area contributed by atoms with Gasteiger partial charge in [0.05, 0.1) is 7.11 Å². The highest BCUT2D eigenvalue weighted by Crippen LogP contribution is 2.29. The summed E-state index contributed by atoms with van der Waals surface area (Å²) in [5.41, 5.74) is 2.45. The number of rotatable bonds is 7. The molecule has 3 rings (SSSR count). The van der Waals surface area contributed by atoms with Gasteiger partial charge >= 0.3 is 0 Å². The third-order valence-corrected chi connectivity index (χ3v) is 3.50. The fourth-order valence-corrected chi connectivity index (χ4v) is 2.30. The first-order valence-electron chi connectivity index (χ1n) is 7.72. The zero-order valence-electron chi connectivity index (χ0n) is 13.7. The quantitative estimate of drug-likeness (QED) is 0.480. The molecule has 3 aromatic rings. The molecule has 5 nitrogen and oxygen atoms in total. The van der Waals surface area contributed by atoms with E-state index in [9.17, 15) is 4.79 Å². The first-order chi connectivity index (χ1) is 12.3. The topological polar surface area (TPSA) is 61.6 Å². The predicted molar refractivity (Wildman–Crippen MR) is 94.4 cm³/mol. The fourth-order valence-electron chi connectivity index (χ4n) is 2.30. The van der Waals surface area contributed by atoms with E-state index in [-0.39, 0.29) is 6.61 Å². The van der Waals surface area contributed by atoms with Crippen molar-refractivity contribution in [3.8, 4) is 23.0 Å². The molecule has 0 amide bonds. The molecular weight excluding hydrogens is 318 g/mol. The first kappa shape index (κ1) is 16.5. The van der Waals surface area contributed by atoms with Crippen LogP contribution in [0, 0.1) is 0 Å². The molecule has 1 aromatic heterocycles. The Balaban J connectivity index is 1.70. The van der Waals surface area contributed by atoms with E-state index in [1.54, 1.807) is 31.6 Å². The van der Waals surface area contributed by atoms with E-state index in [1.165, 1.54) is 6.08 Å². The summed E-state index contributed by atoms with van der Waals surface area (Å²) in [5.74, 6) is 1.73. The highest BCUT2D eigenvalue weighted by molar-refractivity contribution is 5.74. The van der Waals surface area contributed by atoms with Gasteiger partial charge in [0.2, 0.25) is 5.89 Å². The third-order valence-electron chi connectivity index (χ3n) is 3.50. The Bertz CT molecular complexity index is 868. The number of carbonyl (C=O) groups is 1. The van der Waals surface area contributed by atoms with Gasteiger partial charge in [-0.25, -0.2) is 4.98 Å². The normalized spacial score (nSPS) is 10.8. The molecule has 0 radical (unpaired) electrons. The lowest BCUT2D eigenvalue weighted by atomic mass is 10.2. The van der Waals surface area contributed by atoms with Gasteiger partial charge in [-0.15, -0.1) is 0 Å². The molecule has 0 fully saturated rings. The molecule has 5 heteroatoms. The van der Waals surface area contributed by atoms with E-state index in [0.29, 0.717) is 23.1 Å². The lowest BCUT2D eigenvalue weighted by Crippen LogP contribution is -1.98. The van der Waals surface area contributed by atoms with E-state index in [0.717, 1.165) is 17.4 Å². The molecule has 0 aliphatic heterocycles. The summed E-state index contributed by atoms with van der Waals surface area (Å²) in [6.45, 7) is 0.260. The van der Waals surface area contributed by atoms with Crippen LogP contribution in [0.1, 0.15) is 11.3 Å². The van der Waals surface area contributed by atoms with Crippen LogP contribution in [-0.4, -0.2) is 18.4 Å². The summed E-state index contributed by atoms with van der Waals surface area (Å²) in [5, 5.41) is 0. The van der Waals surface area contributed by atoms with Gasteiger partial charge in [0.15, 0.2) is 11.5 Å². The van der Waals surface area contributed by atoms with Crippen LogP contribution < -0.4 is 9.47 Å². The van der Waals surface area contributed by atoms with Crippen molar-refractivity contribution < 1.29 is 18.7 Å². The molecule has 126 valence electrons. The van der Waals surface area contributed by atoms with Gasteiger partial charge in [-0.05, 0) is 35.9 Å². The lowest BCUT2D eigenvalue weighted by Gasteiger charge is -2.10. The molecule has 0 saturated carbocycles. The summed E-state index contributed by atoms with van der Waals surface area (Å²) < 4.78 is 16.6. The van der Waals surface area contributed by atoms with Crippen LogP contribution in [-0.2, 0) is 11.4 Å². The second-order valence-electron chi connectivity index (χ2n) is 5.20. The van der Waals surface area contributed by atoms with Gasteiger partial charge in [0, 0.05) is 5.56 Å². The molecule has 0 unspecified atom stereocenters. The van der Waals surface area contributed by atoms with Gasteiger partial charge < -0.3 is 13.9 Å². The molecule has 0 saturated heterocycles. The van der Waals surface area contributed by atoms with E-state index in [1.807, 2.05) is 36.4 Å². The van der Waals surface area contributed by atoms with Crippen LogP contribution in [0.15, 0.2) is 65.3 Å². The highest BCUT2D eigenvalue weighted by Gasteiger charge is 2.09. The molecule has 1 heterocycles. The second-order valence-corrected chi connectivity index (χ2v) is 5.20. The standard InChI is InChI=1S/C20H17NO4/c1-23-19-12-15(6-5-11-22)9-10-18(19)24-13-17-14-25-20(21-17)16-7-3-2-4-8-16/h2-12,14H,13H2,1H3. The third kappa shape index (κ3) is 4.14. The van der Waals surface area contributed by atoms with Crippen molar-refractivity contribution in [3.63, 3.8) is 0 Å². The number of oxazole rings is 1. The Labute approximate surface area is 145 Å². The van der Waals surface area contributed by atoms with Gasteiger partial charge in [-0.2, -0.15) is 0 Å². The number of ether oxygens (including phenoxy) is 2. The number of aldehydes is 1. The van der Waals surface area contributed by atoms with Gasteiger partial charge in [-0.1, -0.05) is 30.3 Å².